The summed E-state index contributed by atoms with van der Waals surface area (Å²) in [4.78, 5) is 0. The molecule has 2 fully saturated rings. The van der Waals surface area contributed by atoms with Crippen molar-refractivity contribution in [3.63, 3.8) is 0 Å². The van der Waals surface area contributed by atoms with E-state index in [2.05, 4.69) is 12.2 Å². The van der Waals surface area contributed by atoms with Crippen molar-refractivity contribution in [2.24, 2.45) is 11.8 Å². The Labute approximate surface area is 75.9 Å². The molecule has 1 atom stereocenters. The van der Waals surface area contributed by atoms with Crippen molar-refractivity contribution in [3.8, 4) is 0 Å². The Balaban J connectivity index is 1.60. The Morgan fingerprint density at radius 1 is 1.17 bits per heavy atom. The van der Waals surface area contributed by atoms with Crippen LogP contribution in [0.2, 0.25) is 0 Å². The zero-order valence-corrected chi connectivity index (χ0v) is 8.18. The van der Waals surface area contributed by atoms with E-state index in [1.54, 1.807) is 0 Å². The summed E-state index contributed by atoms with van der Waals surface area (Å²) in [5, 5.41) is 3.70. The first-order chi connectivity index (χ1) is 5.86. The molecule has 1 heteroatoms. The highest BCUT2D eigenvalue weighted by molar-refractivity contribution is 4.82. The summed E-state index contributed by atoms with van der Waals surface area (Å²) < 4.78 is 0. The van der Waals surface area contributed by atoms with Crippen LogP contribution >= 0.6 is 0 Å². The molecular weight excluding hydrogens is 146 g/mol. The summed E-state index contributed by atoms with van der Waals surface area (Å²) in [6, 6.07) is 0.867. The maximum atomic E-state index is 3.70. The molecule has 0 aromatic heterocycles. The maximum Gasteiger partial charge on any atom is 0.00671 e. The van der Waals surface area contributed by atoms with E-state index >= 15 is 0 Å². The van der Waals surface area contributed by atoms with Crippen LogP contribution in [0.3, 0.4) is 0 Å². The lowest BCUT2D eigenvalue weighted by Crippen LogP contribution is -2.30. The Kier molecular flexibility index (Phi) is 2.69. The van der Waals surface area contributed by atoms with Crippen molar-refractivity contribution >= 4 is 0 Å². The van der Waals surface area contributed by atoms with Gasteiger partial charge in [0.05, 0.1) is 0 Å². The second-order valence-electron chi connectivity index (χ2n) is 4.70. The van der Waals surface area contributed by atoms with Crippen LogP contribution in [0.1, 0.15) is 45.4 Å². The third kappa shape index (κ3) is 2.22. The van der Waals surface area contributed by atoms with Gasteiger partial charge in [-0.05, 0) is 44.1 Å². The minimum atomic E-state index is 0.867. The molecule has 0 bridgehead atoms. The van der Waals surface area contributed by atoms with E-state index in [4.69, 9.17) is 0 Å². The van der Waals surface area contributed by atoms with E-state index < -0.39 is 0 Å². The first-order valence-electron chi connectivity index (χ1n) is 5.59. The predicted octanol–water partition coefficient (Wildman–Crippen LogP) is 2.56. The molecule has 2 saturated carbocycles. The van der Waals surface area contributed by atoms with E-state index in [9.17, 15) is 0 Å². The lowest BCUT2D eigenvalue weighted by molar-refractivity contribution is 0.417. The molecule has 0 aromatic carbocycles. The van der Waals surface area contributed by atoms with Gasteiger partial charge in [0.25, 0.3) is 0 Å². The molecule has 0 saturated heterocycles. The highest BCUT2D eigenvalue weighted by atomic mass is 14.9. The monoisotopic (exact) mass is 167 g/mol. The van der Waals surface area contributed by atoms with Gasteiger partial charge in [0.15, 0.2) is 0 Å². The molecule has 0 spiro atoms. The fourth-order valence-electron chi connectivity index (χ4n) is 2.31. The highest BCUT2D eigenvalue weighted by Crippen LogP contribution is 2.36. The molecule has 2 aliphatic carbocycles. The van der Waals surface area contributed by atoms with Crippen LogP contribution in [-0.2, 0) is 0 Å². The van der Waals surface area contributed by atoms with E-state index in [1.807, 2.05) is 0 Å². The standard InChI is InChI=1S/C11H21N/c1-9(10-6-7-10)8-12-11-4-2-3-5-11/h9-12H,2-8H2,1H3. The topological polar surface area (TPSA) is 12.0 Å². The van der Waals surface area contributed by atoms with Crippen molar-refractivity contribution < 1.29 is 0 Å². The van der Waals surface area contributed by atoms with Gasteiger partial charge in [-0.15, -0.1) is 0 Å². The molecule has 1 nitrogen and oxygen atoms in total. The Bertz CT molecular complexity index is 132. The fraction of sp³-hybridized carbons (Fsp3) is 1.00. The maximum absolute atomic E-state index is 3.70. The van der Waals surface area contributed by atoms with Gasteiger partial charge in [0.2, 0.25) is 0 Å². The molecule has 0 aromatic rings. The second-order valence-corrected chi connectivity index (χ2v) is 4.70. The summed E-state index contributed by atoms with van der Waals surface area (Å²) in [5.41, 5.74) is 0. The number of hydrogen-bond acceptors (Lipinski definition) is 1. The van der Waals surface area contributed by atoms with Gasteiger partial charge in [-0.25, -0.2) is 0 Å². The van der Waals surface area contributed by atoms with Gasteiger partial charge in [0.1, 0.15) is 0 Å². The van der Waals surface area contributed by atoms with Crippen molar-refractivity contribution in [2.45, 2.75) is 51.5 Å². The molecule has 0 radical (unpaired) electrons. The SMILES string of the molecule is CC(CNC1CCCC1)C1CC1. The van der Waals surface area contributed by atoms with Gasteiger partial charge in [-0.2, -0.15) is 0 Å². The van der Waals surface area contributed by atoms with Crippen molar-refractivity contribution in [3.05, 3.63) is 0 Å². The van der Waals surface area contributed by atoms with Crippen LogP contribution in [0.15, 0.2) is 0 Å². The second kappa shape index (κ2) is 3.78. The lowest BCUT2D eigenvalue weighted by atomic mass is 10.1. The minimum absolute atomic E-state index is 0.867. The molecule has 1 N–H and O–H groups in total. The summed E-state index contributed by atoms with van der Waals surface area (Å²) in [7, 11) is 0. The minimum Gasteiger partial charge on any atom is -0.314 e. The molecule has 0 aliphatic heterocycles. The fourth-order valence-corrected chi connectivity index (χ4v) is 2.31. The lowest BCUT2D eigenvalue weighted by Gasteiger charge is -2.15. The molecule has 12 heavy (non-hydrogen) atoms. The number of rotatable bonds is 4. The predicted molar refractivity (Wildman–Crippen MR) is 52.1 cm³/mol. The van der Waals surface area contributed by atoms with E-state index in [0.717, 1.165) is 17.9 Å². The molecule has 2 aliphatic rings. The summed E-state index contributed by atoms with van der Waals surface area (Å²) in [6.07, 6.45) is 8.75. The van der Waals surface area contributed by atoms with Crippen molar-refractivity contribution in [2.75, 3.05) is 6.54 Å². The zero-order valence-electron chi connectivity index (χ0n) is 8.18. The van der Waals surface area contributed by atoms with Crippen LogP contribution in [0.25, 0.3) is 0 Å². The first-order valence-corrected chi connectivity index (χ1v) is 5.59. The average Bonchev–Trinajstić information content (AvgIpc) is 2.80. The molecule has 0 amide bonds. The summed E-state index contributed by atoms with van der Waals surface area (Å²) in [5.74, 6) is 2.00. The molecule has 0 heterocycles. The smallest absolute Gasteiger partial charge is 0.00671 e. The van der Waals surface area contributed by atoms with Gasteiger partial charge < -0.3 is 5.32 Å². The van der Waals surface area contributed by atoms with E-state index in [-0.39, 0.29) is 0 Å². The molecule has 70 valence electrons. The molecular formula is C11H21N. The highest BCUT2D eigenvalue weighted by Gasteiger charge is 2.28. The Morgan fingerprint density at radius 3 is 2.42 bits per heavy atom. The summed E-state index contributed by atoms with van der Waals surface area (Å²) >= 11 is 0. The normalized spacial score (nSPS) is 27.8. The van der Waals surface area contributed by atoms with Crippen LogP contribution in [-0.4, -0.2) is 12.6 Å². The van der Waals surface area contributed by atoms with Crippen molar-refractivity contribution in [1.29, 1.82) is 0 Å². The van der Waals surface area contributed by atoms with Crippen molar-refractivity contribution in [1.82, 2.24) is 5.32 Å². The third-order valence-electron chi connectivity index (χ3n) is 3.51. The number of nitrogens with one attached hydrogen (secondary N) is 1. The molecule has 2 rings (SSSR count). The Morgan fingerprint density at radius 2 is 1.83 bits per heavy atom. The number of hydrogen-bond donors (Lipinski definition) is 1. The largest absolute Gasteiger partial charge is 0.314 e. The van der Waals surface area contributed by atoms with Gasteiger partial charge in [0, 0.05) is 6.04 Å². The first kappa shape index (κ1) is 8.55. The zero-order chi connectivity index (χ0) is 8.39. The van der Waals surface area contributed by atoms with E-state index in [1.165, 1.54) is 45.1 Å². The van der Waals surface area contributed by atoms with Crippen LogP contribution < -0.4 is 5.32 Å². The van der Waals surface area contributed by atoms with Crippen LogP contribution in [0.5, 0.6) is 0 Å². The van der Waals surface area contributed by atoms with Gasteiger partial charge in [-0.1, -0.05) is 19.8 Å². The van der Waals surface area contributed by atoms with Crippen LogP contribution in [0.4, 0.5) is 0 Å². The average molecular weight is 167 g/mol. The van der Waals surface area contributed by atoms with Gasteiger partial charge in [-0.3, -0.25) is 0 Å². The third-order valence-corrected chi connectivity index (χ3v) is 3.51. The van der Waals surface area contributed by atoms with E-state index in [0.29, 0.717) is 0 Å². The van der Waals surface area contributed by atoms with Gasteiger partial charge >= 0.3 is 0 Å². The summed E-state index contributed by atoms with van der Waals surface area (Å²) in [6.45, 7) is 3.68. The van der Waals surface area contributed by atoms with Crippen LogP contribution in [0, 0.1) is 11.8 Å². The quantitative estimate of drug-likeness (QED) is 0.678. The molecule has 1 unspecified atom stereocenters. The Hall–Kier alpha value is -0.0400.